The summed E-state index contributed by atoms with van der Waals surface area (Å²) in [6.07, 6.45) is 0. The van der Waals surface area contributed by atoms with Crippen molar-refractivity contribution in [2.45, 2.75) is 27.7 Å². The van der Waals surface area contributed by atoms with Crippen LogP contribution >= 0.6 is 24.1 Å². The van der Waals surface area contributed by atoms with Crippen LogP contribution in [0.3, 0.4) is 0 Å². The number of hydrogen-bond donors (Lipinski definition) is 6. The van der Waals surface area contributed by atoms with Gasteiger partial charge in [-0.15, -0.1) is 13.8 Å². The van der Waals surface area contributed by atoms with Gasteiger partial charge in [-0.3, -0.25) is 23.2 Å². The van der Waals surface area contributed by atoms with E-state index < -0.39 is 99.2 Å². The van der Waals surface area contributed by atoms with Gasteiger partial charge >= 0.3 is 20.8 Å². The zero-order chi connectivity index (χ0) is 45.9. The monoisotopic (exact) mass is 987 g/mol. The number of amides is 1. The van der Waals surface area contributed by atoms with Gasteiger partial charge in [0.2, 0.25) is 6.04 Å². The molecule has 0 aromatic heterocycles. The highest BCUT2D eigenvalue weighted by Gasteiger charge is 2.29. The van der Waals surface area contributed by atoms with Crippen molar-refractivity contribution in [3.8, 4) is 11.5 Å². The minimum absolute atomic E-state index is 0.0348. The van der Waals surface area contributed by atoms with E-state index in [0.29, 0.717) is 12.0 Å². The third-order valence-corrected chi connectivity index (χ3v) is 11.9. The predicted molar refractivity (Wildman–Crippen MR) is 212 cm³/mol. The van der Waals surface area contributed by atoms with Crippen LogP contribution in [0.25, 0.3) is 10.8 Å². The maximum absolute atomic E-state index is 13.3. The van der Waals surface area contributed by atoms with E-state index >= 15 is 0 Å². The molecule has 4 rings (SSSR count). The van der Waals surface area contributed by atoms with Crippen molar-refractivity contribution in [2.24, 2.45) is 20.5 Å². The molecule has 4 aromatic carbocycles. The number of phenolic OH excluding ortho intramolecular Hbond substituents is 1. The first-order valence-corrected chi connectivity index (χ1v) is 23.7. The number of nitrogens with zero attached hydrogens (tertiary/aromatic N) is 4. The van der Waals surface area contributed by atoms with Gasteiger partial charge in [0.15, 0.2) is 27.1 Å². The molecule has 0 bridgehead atoms. The fourth-order valence-electron chi connectivity index (χ4n) is 4.66. The zero-order valence-electron chi connectivity index (χ0n) is 30.8. The Morgan fingerprint density at radius 3 is 1.98 bits per heavy atom. The molecule has 0 saturated heterocycles. The normalized spacial score (nSPS) is 13.2. The molecule has 26 nitrogen and oxygen atoms in total. The number of azo groups is 2. The molecule has 62 heavy (non-hydrogen) atoms. The number of rotatable bonds is 23. The number of hydrogen-bond acceptors (Lipinski definition) is 24. The number of benzene rings is 4. The van der Waals surface area contributed by atoms with E-state index in [1.807, 2.05) is 0 Å². The van der Waals surface area contributed by atoms with Crippen molar-refractivity contribution < 1.29 is 94.2 Å². The number of sulfone groups is 1. The zero-order valence-corrected chi connectivity index (χ0v) is 35.7. The molecule has 1 atom stereocenters. The van der Waals surface area contributed by atoms with Crippen molar-refractivity contribution in [3.63, 3.8) is 0 Å². The lowest BCUT2D eigenvalue weighted by molar-refractivity contribution is -0.432. The summed E-state index contributed by atoms with van der Waals surface area (Å²) in [5, 5.41) is 40.6. The predicted octanol–water partition coefficient (Wildman–Crippen LogP) is 4.69. The standard InChI is InChI=1S/C30H29N5O21S6/c1-17(36)26(34-32-19-4-8-21(9-5-19)59(40,41)15-13-52-62(48,49)50)30(38)31-24-11-10-22-23(29(24)60(42,43)44)16-25(58-56-54-39)27(28(22)37)35-33-18-2-6-20(7-3-18)53-55-57-14-12-51-61(45,46)47/h2-11,16,26,37,39H,12-15H2,1H3,(H,31,38)(H,42,43,44)(H,45,46,47)(H,48,49,50). The van der Waals surface area contributed by atoms with Crippen molar-refractivity contribution in [3.05, 3.63) is 66.7 Å². The summed E-state index contributed by atoms with van der Waals surface area (Å²) in [7, 11) is -18.9. The molecule has 0 aliphatic heterocycles. The molecule has 6 N–H and O–H groups in total. The Kier molecular flexibility index (Phi) is 17.3. The van der Waals surface area contributed by atoms with Crippen molar-refractivity contribution in [1.29, 1.82) is 0 Å². The van der Waals surface area contributed by atoms with E-state index in [9.17, 15) is 52.9 Å². The van der Waals surface area contributed by atoms with Gasteiger partial charge in [0.05, 0.1) is 57.9 Å². The smallest absolute Gasteiger partial charge is 0.397 e. The molecular formula is C30H29N5O21S6. The van der Waals surface area contributed by atoms with Gasteiger partial charge in [0.25, 0.3) is 16.0 Å². The fraction of sp³-hybridized carbons (Fsp3) is 0.200. The largest absolute Gasteiger partial charge is 0.505 e. The minimum atomic E-state index is -5.29. The number of fused-ring (bicyclic) bond motifs is 1. The Balaban J connectivity index is 1.58. The quantitative estimate of drug-likeness (QED) is 0.0112. The van der Waals surface area contributed by atoms with Crippen molar-refractivity contribution >= 4 is 110 Å². The van der Waals surface area contributed by atoms with Gasteiger partial charge in [-0.25, -0.2) is 22.0 Å². The number of Topliss-reactive ketones (excluding diaryl/α,β-unsaturated/α-hetero) is 1. The van der Waals surface area contributed by atoms with Gasteiger partial charge < -0.3 is 15.3 Å². The molecular weight excluding hydrogens is 959 g/mol. The van der Waals surface area contributed by atoms with Gasteiger partial charge in [-0.05, 0) is 73.7 Å². The van der Waals surface area contributed by atoms with E-state index in [1.165, 1.54) is 24.3 Å². The van der Waals surface area contributed by atoms with E-state index in [0.717, 1.165) is 49.4 Å². The average molecular weight is 988 g/mol. The third kappa shape index (κ3) is 14.9. The number of aromatic hydroxyl groups is 1. The summed E-state index contributed by atoms with van der Waals surface area (Å²) in [5.41, 5.74) is -0.902. The first-order chi connectivity index (χ1) is 29.0. The molecule has 0 spiro atoms. The molecule has 0 fully saturated rings. The molecule has 336 valence electrons. The van der Waals surface area contributed by atoms with E-state index in [4.69, 9.17) is 23.6 Å². The summed E-state index contributed by atoms with van der Waals surface area (Å²) in [6.45, 7) is -0.329. The van der Waals surface area contributed by atoms with Crippen LogP contribution in [0.15, 0.2) is 102 Å². The lowest BCUT2D eigenvalue weighted by Gasteiger charge is -2.16. The third-order valence-electron chi connectivity index (χ3n) is 7.24. The summed E-state index contributed by atoms with van der Waals surface area (Å²) >= 11 is 0.862. The van der Waals surface area contributed by atoms with Crippen LogP contribution in [0.1, 0.15) is 6.92 Å². The van der Waals surface area contributed by atoms with Crippen LogP contribution in [0.2, 0.25) is 0 Å². The fourth-order valence-corrected chi connectivity index (χ4v) is 8.22. The van der Waals surface area contributed by atoms with Gasteiger partial charge in [-0.1, -0.05) is 5.04 Å². The number of phenols is 1. The number of carbonyl (C=O) groups is 2. The summed E-state index contributed by atoms with van der Waals surface area (Å²) in [6, 6.07) is 11.0. The van der Waals surface area contributed by atoms with Crippen molar-refractivity contribution in [2.75, 3.05) is 30.0 Å². The Morgan fingerprint density at radius 2 is 1.39 bits per heavy atom. The van der Waals surface area contributed by atoms with E-state index in [1.54, 1.807) is 0 Å². The van der Waals surface area contributed by atoms with E-state index in [-0.39, 0.29) is 55.8 Å². The maximum atomic E-state index is 13.3. The molecule has 1 amide bonds. The number of anilines is 1. The molecule has 1 unspecified atom stereocenters. The number of nitrogens with one attached hydrogen (secondary N) is 1. The summed E-state index contributed by atoms with van der Waals surface area (Å²) in [4.78, 5) is 29.2. The molecule has 0 aliphatic carbocycles. The maximum Gasteiger partial charge on any atom is 0.397 e. The van der Waals surface area contributed by atoms with Gasteiger partial charge in [-0.2, -0.15) is 40.6 Å². The summed E-state index contributed by atoms with van der Waals surface area (Å²) < 4.78 is 138. The van der Waals surface area contributed by atoms with Gasteiger partial charge in [0.1, 0.15) is 10.6 Å². The molecule has 0 aliphatic rings. The lowest BCUT2D eigenvalue weighted by Crippen LogP contribution is -2.32. The van der Waals surface area contributed by atoms with Crippen LogP contribution in [0.4, 0.5) is 22.7 Å². The van der Waals surface area contributed by atoms with Crippen LogP contribution < -0.4 is 10.2 Å². The second-order valence-corrected chi connectivity index (χ2v) is 18.7. The van der Waals surface area contributed by atoms with E-state index in [2.05, 4.69) is 43.5 Å². The topological polar surface area (TPSA) is 389 Å². The van der Waals surface area contributed by atoms with Crippen LogP contribution in [0, 0.1) is 0 Å². The Bertz CT molecular complexity index is 2790. The lowest BCUT2D eigenvalue weighted by atomic mass is 10.1. The first-order valence-electron chi connectivity index (χ1n) is 16.2. The highest BCUT2D eigenvalue weighted by molar-refractivity contribution is 7.95. The molecule has 0 saturated carbocycles. The van der Waals surface area contributed by atoms with Gasteiger partial charge in [0, 0.05) is 28.6 Å². The van der Waals surface area contributed by atoms with Crippen molar-refractivity contribution in [1.82, 2.24) is 0 Å². The molecule has 0 radical (unpaired) electrons. The Morgan fingerprint density at radius 1 is 0.774 bits per heavy atom. The van der Waals surface area contributed by atoms with Crippen LogP contribution in [-0.2, 0) is 72.4 Å². The minimum Gasteiger partial charge on any atom is -0.505 e. The molecule has 4 aromatic rings. The molecule has 32 heteroatoms. The SMILES string of the molecule is CC(=O)C(N=Nc1ccc(S(=O)(=O)CCOS(=O)(=O)O)cc1)C(=O)Nc1ccc2c(O)c(N=Nc3ccc(OOSCCOS(=O)(=O)O)cc3)c(SOOO)cc2c1S(=O)(=O)O. The Labute approximate surface area is 359 Å². The average Bonchev–Trinajstić information content (AvgIpc) is 3.17. The number of ketones is 1. The highest BCUT2D eigenvalue weighted by Crippen LogP contribution is 2.47. The van der Waals surface area contributed by atoms with Crippen LogP contribution in [0.5, 0.6) is 11.5 Å². The second-order valence-electron chi connectivity index (χ2n) is 11.5. The number of carbonyl (C=O) groups excluding carboxylic acids is 2. The highest BCUT2D eigenvalue weighted by atomic mass is 32.3. The second kappa shape index (κ2) is 21.5. The first kappa shape index (κ1) is 49.9. The Hall–Kier alpha value is -4.78. The van der Waals surface area contributed by atoms with Crippen LogP contribution in [-0.4, -0.2) is 100 Å². The molecule has 0 heterocycles. The summed E-state index contributed by atoms with van der Waals surface area (Å²) in [5.74, 6) is -3.61.